The molecule has 1 aromatic rings. The first-order chi connectivity index (χ1) is 9.76. The van der Waals surface area contributed by atoms with Gasteiger partial charge in [-0.15, -0.1) is 0 Å². The zero-order valence-corrected chi connectivity index (χ0v) is 12.8. The van der Waals surface area contributed by atoms with Crippen LogP contribution in [0.25, 0.3) is 0 Å². The second-order valence-corrected chi connectivity index (χ2v) is 4.16. The number of methoxy groups -OCH3 is 2. The molecule has 0 bridgehead atoms. The van der Waals surface area contributed by atoms with Gasteiger partial charge < -0.3 is 24.3 Å². The Morgan fingerprint density at radius 3 is 2.15 bits per heavy atom. The van der Waals surface area contributed by atoms with Gasteiger partial charge in [0.2, 0.25) is 5.75 Å². The summed E-state index contributed by atoms with van der Waals surface area (Å²) in [4.78, 5) is 0. The number of ether oxygens (including phenoxy) is 4. The van der Waals surface area contributed by atoms with Gasteiger partial charge in [0.05, 0.1) is 20.8 Å². The number of nitrogens with one attached hydrogen (secondary N) is 1. The Morgan fingerprint density at radius 2 is 1.65 bits per heavy atom. The molecule has 0 radical (unpaired) electrons. The Morgan fingerprint density at radius 1 is 1.00 bits per heavy atom. The maximum Gasteiger partial charge on any atom is 0.203 e. The molecule has 1 N–H and O–H groups in total. The van der Waals surface area contributed by atoms with Crippen molar-refractivity contribution in [1.29, 1.82) is 0 Å². The SMILES string of the molecule is CCNCc1cc(OC)c(OCCOCC)c(OC)c1. The smallest absolute Gasteiger partial charge is 0.203 e. The first kappa shape index (κ1) is 16.6. The molecular weight excluding hydrogens is 258 g/mol. The average molecular weight is 283 g/mol. The second-order valence-electron chi connectivity index (χ2n) is 4.16. The van der Waals surface area contributed by atoms with Crippen molar-refractivity contribution in [3.63, 3.8) is 0 Å². The van der Waals surface area contributed by atoms with Crippen molar-refractivity contribution < 1.29 is 18.9 Å². The van der Waals surface area contributed by atoms with Gasteiger partial charge in [0, 0.05) is 13.2 Å². The second kappa shape index (κ2) is 9.44. The van der Waals surface area contributed by atoms with Crippen LogP contribution in [0.2, 0.25) is 0 Å². The van der Waals surface area contributed by atoms with Gasteiger partial charge in [0.25, 0.3) is 0 Å². The fraction of sp³-hybridized carbons (Fsp3) is 0.600. The third-order valence-electron chi connectivity index (χ3n) is 2.78. The van der Waals surface area contributed by atoms with Gasteiger partial charge in [-0.2, -0.15) is 0 Å². The van der Waals surface area contributed by atoms with Crippen LogP contribution in [0.1, 0.15) is 19.4 Å². The number of rotatable bonds is 10. The molecule has 0 aliphatic rings. The standard InChI is InChI=1S/C15H25NO4/c1-5-16-11-12-9-13(17-3)15(14(10-12)18-4)20-8-7-19-6-2/h9-10,16H,5-8,11H2,1-4H3. The topological polar surface area (TPSA) is 49.0 Å². The molecule has 0 heterocycles. The van der Waals surface area contributed by atoms with E-state index >= 15 is 0 Å². The van der Waals surface area contributed by atoms with Crippen LogP contribution in [-0.2, 0) is 11.3 Å². The van der Waals surface area contributed by atoms with Crippen LogP contribution >= 0.6 is 0 Å². The fourth-order valence-corrected chi connectivity index (χ4v) is 1.79. The quantitative estimate of drug-likeness (QED) is 0.667. The van der Waals surface area contributed by atoms with Crippen molar-refractivity contribution in [2.24, 2.45) is 0 Å². The number of benzene rings is 1. The Balaban J connectivity index is 2.84. The lowest BCUT2D eigenvalue weighted by atomic mass is 10.1. The van der Waals surface area contributed by atoms with Gasteiger partial charge in [-0.25, -0.2) is 0 Å². The van der Waals surface area contributed by atoms with Crippen molar-refractivity contribution in [2.45, 2.75) is 20.4 Å². The summed E-state index contributed by atoms with van der Waals surface area (Å²) in [5.74, 6) is 1.97. The Kier molecular flexibility index (Phi) is 7.84. The molecule has 5 nitrogen and oxygen atoms in total. The Labute approximate surface area is 121 Å². The monoisotopic (exact) mass is 283 g/mol. The average Bonchev–Trinajstić information content (AvgIpc) is 2.49. The first-order valence-corrected chi connectivity index (χ1v) is 6.92. The van der Waals surface area contributed by atoms with Crippen LogP contribution < -0.4 is 19.5 Å². The molecule has 1 rings (SSSR count). The zero-order chi connectivity index (χ0) is 14.8. The van der Waals surface area contributed by atoms with Gasteiger partial charge >= 0.3 is 0 Å². The molecule has 0 saturated heterocycles. The van der Waals surface area contributed by atoms with E-state index in [9.17, 15) is 0 Å². The summed E-state index contributed by atoms with van der Waals surface area (Å²) in [7, 11) is 3.25. The molecule has 5 heteroatoms. The van der Waals surface area contributed by atoms with Crippen LogP contribution in [-0.4, -0.2) is 40.6 Å². The van der Waals surface area contributed by atoms with E-state index in [1.165, 1.54) is 0 Å². The number of hydrogen-bond donors (Lipinski definition) is 1. The third-order valence-corrected chi connectivity index (χ3v) is 2.78. The van der Waals surface area contributed by atoms with Gasteiger partial charge in [0.15, 0.2) is 11.5 Å². The predicted molar refractivity (Wildman–Crippen MR) is 78.9 cm³/mol. The highest BCUT2D eigenvalue weighted by molar-refractivity contribution is 5.53. The molecule has 0 spiro atoms. The first-order valence-electron chi connectivity index (χ1n) is 6.92. The highest BCUT2D eigenvalue weighted by atomic mass is 16.6. The van der Waals surface area contributed by atoms with E-state index < -0.39 is 0 Å². The maximum absolute atomic E-state index is 5.72. The van der Waals surface area contributed by atoms with E-state index in [4.69, 9.17) is 18.9 Å². The molecular formula is C15H25NO4. The van der Waals surface area contributed by atoms with Crippen molar-refractivity contribution in [3.8, 4) is 17.2 Å². The molecule has 0 saturated carbocycles. The summed E-state index contributed by atoms with van der Waals surface area (Å²) in [5.41, 5.74) is 1.10. The van der Waals surface area contributed by atoms with E-state index in [2.05, 4.69) is 12.2 Å². The molecule has 0 fully saturated rings. The highest BCUT2D eigenvalue weighted by Gasteiger charge is 2.14. The number of hydrogen-bond acceptors (Lipinski definition) is 5. The summed E-state index contributed by atoms with van der Waals surface area (Å²) < 4.78 is 21.8. The molecule has 1 aromatic carbocycles. The predicted octanol–water partition coefficient (Wildman–Crippen LogP) is 2.23. The molecule has 0 amide bonds. The van der Waals surface area contributed by atoms with Crippen LogP contribution in [0.4, 0.5) is 0 Å². The van der Waals surface area contributed by atoms with E-state index in [1.54, 1.807) is 14.2 Å². The van der Waals surface area contributed by atoms with Crippen molar-refractivity contribution >= 4 is 0 Å². The molecule has 0 aromatic heterocycles. The minimum atomic E-state index is 0.465. The van der Waals surface area contributed by atoms with Gasteiger partial charge in [-0.3, -0.25) is 0 Å². The minimum absolute atomic E-state index is 0.465. The van der Waals surface area contributed by atoms with Crippen LogP contribution in [0.5, 0.6) is 17.2 Å². The van der Waals surface area contributed by atoms with E-state index in [0.29, 0.717) is 37.1 Å². The highest BCUT2D eigenvalue weighted by Crippen LogP contribution is 2.38. The summed E-state index contributed by atoms with van der Waals surface area (Å²) in [6.45, 7) is 7.39. The van der Waals surface area contributed by atoms with Crippen molar-refractivity contribution in [1.82, 2.24) is 5.32 Å². The fourth-order valence-electron chi connectivity index (χ4n) is 1.79. The lowest BCUT2D eigenvalue weighted by molar-refractivity contribution is 0.107. The van der Waals surface area contributed by atoms with E-state index in [0.717, 1.165) is 18.7 Å². The maximum atomic E-state index is 5.72. The summed E-state index contributed by atoms with van der Waals surface area (Å²) >= 11 is 0. The molecule has 0 unspecified atom stereocenters. The lowest BCUT2D eigenvalue weighted by Gasteiger charge is -2.16. The van der Waals surface area contributed by atoms with Gasteiger partial charge in [-0.1, -0.05) is 6.92 Å². The van der Waals surface area contributed by atoms with Crippen LogP contribution in [0.15, 0.2) is 12.1 Å². The van der Waals surface area contributed by atoms with E-state index in [1.807, 2.05) is 19.1 Å². The third kappa shape index (κ3) is 4.90. The summed E-state index contributed by atoms with van der Waals surface area (Å²) in [6, 6.07) is 3.92. The van der Waals surface area contributed by atoms with E-state index in [-0.39, 0.29) is 0 Å². The molecule has 0 aliphatic carbocycles. The molecule has 20 heavy (non-hydrogen) atoms. The van der Waals surface area contributed by atoms with Crippen molar-refractivity contribution in [2.75, 3.05) is 40.6 Å². The zero-order valence-electron chi connectivity index (χ0n) is 12.8. The molecule has 114 valence electrons. The van der Waals surface area contributed by atoms with Gasteiger partial charge in [0.1, 0.15) is 6.61 Å². The minimum Gasteiger partial charge on any atom is -0.493 e. The van der Waals surface area contributed by atoms with Crippen LogP contribution in [0, 0.1) is 0 Å². The normalized spacial score (nSPS) is 10.4. The Hall–Kier alpha value is -1.46. The summed E-state index contributed by atoms with van der Waals surface area (Å²) in [6.07, 6.45) is 0. The summed E-state index contributed by atoms with van der Waals surface area (Å²) in [5, 5.41) is 3.27. The lowest BCUT2D eigenvalue weighted by Crippen LogP contribution is -2.12. The van der Waals surface area contributed by atoms with Crippen LogP contribution in [0.3, 0.4) is 0 Å². The van der Waals surface area contributed by atoms with Gasteiger partial charge in [-0.05, 0) is 31.2 Å². The Bertz CT molecular complexity index is 370. The van der Waals surface area contributed by atoms with Crippen molar-refractivity contribution in [3.05, 3.63) is 17.7 Å². The largest absolute Gasteiger partial charge is 0.493 e. The molecule has 0 aliphatic heterocycles. The molecule has 0 atom stereocenters.